The standard InChI is InChI=1S/C24H27N5OS/c1-15-20-22(26-13-18-12-16-6-7-17(18)11-16)27-14-28-23(20)31-21(15)24(30)29(2)10-8-19-5-3-4-9-25-19/h3-7,9,14,16-18H,8,10-13H2,1-2H3,(H,26,27,28)/t16-,17+,18-/m1/s1. The maximum atomic E-state index is 13.2. The lowest BCUT2D eigenvalue weighted by atomic mass is 9.93. The minimum atomic E-state index is 0.0284. The van der Waals surface area contributed by atoms with Crippen LogP contribution < -0.4 is 5.32 Å². The lowest BCUT2D eigenvalue weighted by molar-refractivity contribution is 0.0800. The van der Waals surface area contributed by atoms with Crippen molar-refractivity contribution >= 4 is 33.3 Å². The molecule has 7 heteroatoms. The van der Waals surface area contributed by atoms with E-state index in [9.17, 15) is 4.79 Å². The number of likely N-dealkylation sites (N-methyl/N-ethyl adjacent to an activating group) is 1. The van der Waals surface area contributed by atoms with E-state index in [1.165, 1.54) is 24.2 Å². The predicted molar refractivity (Wildman–Crippen MR) is 124 cm³/mol. The summed E-state index contributed by atoms with van der Waals surface area (Å²) in [5.41, 5.74) is 1.95. The van der Waals surface area contributed by atoms with Crippen molar-refractivity contribution in [2.45, 2.75) is 26.2 Å². The van der Waals surface area contributed by atoms with Gasteiger partial charge >= 0.3 is 0 Å². The number of aromatic nitrogens is 3. The van der Waals surface area contributed by atoms with Gasteiger partial charge in [-0.25, -0.2) is 9.97 Å². The van der Waals surface area contributed by atoms with Crippen LogP contribution in [0.3, 0.4) is 0 Å². The number of nitrogens with zero attached hydrogens (tertiary/aromatic N) is 4. The largest absolute Gasteiger partial charge is 0.369 e. The van der Waals surface area contributed by atoms with E-state index in [4.69, 9.17) is 0 Å². The highest BCUT2D eigenvalue weighted by Crippen LogP contribution is 2.43. The summed E-state index contributed by atoms with van der Waals surface area (Å²) in [6.07, 6.45) is 11.4. The lowest BCUT2D eigenvalue weighted by Gasteiger charge is -2.19. The van der Waals surface area contributed by atoms with E-state index >= 15 is 0 Å². The molecule has 1 saturated carbocycles. The van der Waals surface area contributed by atoms with Crippen molar-refractivity contribution in [3.05, 3.63) is 59.0 Å². The van der Waals surface area contributed by atoms with E-state index in [2.05, 4.69) is 32.4 Å². The maximum absolute atomic E-state index is 13.2. The fourth-order valence-electron chi connectivity index (χ4n) is 4.87. The molecular weight excluding hydrogens is 406 g/mol. The molecular formula is C24H27N5OS. The van der Waals surface area contributed by atoms with Gasteiger partial charge in [0.05, 0.1) is 10.3 Å². The first kappa shape index (κ1) is 20.1. The number of hydrogen-bond acceptors (Lipinski definition) is 6. The second-order valence-electron chi connectivity index (χ2n) is 8.68. The van der Waals surface area contributed by atoms with Gasteiger partial charge in [0.15, 0.2) is 0 Å². The van der Waals surface area contributed by atoms with Crippen molar-refractivity contribution in [2.75, 3.05) is 25.5 Å². The number of carbonyl (C=O) groups excluding carboxylic acids is 1. The number of anilines is 1. The van der Waals surface area contributed by atoms with Gasteiger partial charge in [0.2, 0.25) is 0 Å². The van der Waals surface area contributed by atoms with E-state index in [-0.39, 0.29) is 5.91 Å². The summed E-state index contributed by atoms with van der Waals surface area (Å²) < 4.78 is 0. The molecule has 1 fully saturated rings. The number of carbonyl (C=O) groups is 1. The number of hydrogen-bond donors (Lipinski definition) is 1. The van der Waals surface area contributed by atoms with Crippen LogP contribution in [0.1, 0.15) is 33.8 Å². The summed E-state index contributed by atoms with van der Waals surface area (Å²) in [5, 5.41) is 4.55. The first-order valence-electron chi connectivity index (χ1n) is 10.9. The van der Waals surface area contributed by atoms with E-state index < -0.39 is 0 Å². The van der Waals surface area contributed by atoms with Crippen molar-refractivity contribution in [3.63, 3.8) is 0 Å². The molecule has 0 aromatic carbocycles. The van der Waals surface area contributed by atoms with Crippen LogP contribution in [-0.4, -0.2) is 45.9 Å². The molecule has 1 N–H and O–H groups in total. The third kappa shape index (κ3) is 3.94. The van der Waals surface area contributed by atoms with Crippen molar-refractivity contribution in [2.24, 2.45) is 17.8 Å². The fraction of sp³-hybridized carbons (Fsp3) is 0.417. The number of fused-ring (bicyclic) bond motifs is 3. The number of allylic oxidation sites excluding steroid dienone is 2. The Hall–Kier alpha value is -2.80. The minimum Gasteiger partial charge on any atom is -0.369 e. The number of amides is 1. The van der Waals surface area contributed by atoms with Crippen LogP contribution in [0, 0.1) is 24.7 Å². The van der Waals surface area contributed by atoms with Gasteiger partial charge in [0, 0.05) is 38.4 Å². The Balaban J connectivity index is 1.31. The number of rotatable bonds is 7. The van der Waals surface area contributed by atoms with E-state index in [1.54, 1.807) is 17.4 Å². The Kier molecular flexibility index (Phi) is 5.44. The maximum Gasteiger partial charge on any atom is 0.264 e. The predicted octanol–water partition coefficient (Wildman–Crippen LogP) is 4.33. The Morgan fingerprint density at radius 3 is 2.87 bits per heavy atom. The second-order valence-corrected chi connectivity index (χ2v) is 9.68. The average molecular weight is 434 g/mol. The SMILES string of the molecule is Cc1c(C(=O)N(C)CCc2ccccn2)sc2ncnc(NC[C@H]3C[C@@H]4C=C[C@H]3C4)c12. The number of nitrogens with one attached hydrogen (secondary N) is 1. The number of thiophene rings is 1. The Labute approximate surface area is 186 Å². The molecule has 160 valence electrons. The highest BCUT2D eigenvalue weighted by molar-refractivity contribution is 7.20. The summed E-state index contributed by atoms with van der Waals surface area (Å²) in [6.45, 7) is 3.55. The Bertz CT molecular complexity index is 1130. The number of aryl methyl sites for hydroxylation is 1. The molecule has 0 aliphatic heterocycles. The first-order chi connectivity index (χ1) is 15.1. The molecule has 3 heterocycles. The Morgan fingerprint density at radius 2 is 2.13 bits per heavy atom. The molecule has 5 rings (SSSR count). The fourth-order valence-corrected chi connectivity index (χ4v) is 6.01. The summed E-state index contributed by atoms with van der Waals surface area (Å²) in [5.74, 6) is 3.00. The summed E-state index contributed by atoms with van der Waals surface area (Å²) in [6, 6.07) is 5.86. The zero-order valence-electron chi connectivity index (χ0n) is 17.9. The van der Waals surface area contributed by atoms with E-state index in [0.717, 1.165) is 51.1 Å². The van der Waals surface area contributed by atoms with Gasteiger partial charge < -0.3 is 10.2 Å². The smallest absolute Gasteiger partial charge is 0.264 e. The molecule has 31 heavy (non-hydrogen) atoms. The molecule has 2 aliphatic carbocycles. The van der Waals surface area contributed by atoms with Gasteiger partial charge in [0.1, 0.15) is 17.0 Å². The number of pyridine rings is 1. The van der Waals surface area contributed by atoms with Gasteiger partial charge in [-0.1, -0.05) is 18.2 Å². The molecule has 0 unspecified atom stereocenters. The van der Waals surface area contributed by atoms with Gasteiger partial charge in [-0.05, 0) is 55.2 Å². The van der Waals surface area contributed by atoms with E-state index in [1.807, 2.05) is 32.2 Å². The minimum absolute atomic E-state index is 0.0284. The van der Waals surface area contributed by atoms with Crippen molar-refractivity contribution in [1.82, 2.24) is 19.9 Å². The molecule has 3 aromatic heterocycles. The molecule has 6 nitrogen and oxygen atoms in total. The van der Waals surface area contributed by atoms with Crippen molar-refractivity contribution in [1.29, 1.82) is 0 Å². The zero-order chi connectivity index (χ0) is 21.4. The second kappa shape index (κ2) is 8.38. The van der Waals surface area contributed by atoms with Crippen molar-refractivity contribution in [3.8, 4) is 0 Å². The monoisotopic (exact) mass is 433 g/mol. The van der Waals surface area contributed by atoms with Crippen LogP contribution in [0.4, 0.5) is 5.82 Å². The van der Waals surface area contributed by atoms with Gasteiger partial charge in [-0.15, -0.1) is 11.3 Å². The highest BCUT2D eigenvalue weighted by atomic mass is 32.1. The molecule has 2 aliphatic rings. The van der Waals surface area contributed by atoms with E-state index in [0.29, 0.717) is 18.4 Å². The molecule has 1 amide bonds. The zero-order valence-corrected chi connectivity index (χ0v) is 18.7. The van der Waals surface area contributed by atoms with Crippen LogP contribution >= 0.6 is 11.3 Å². The third-order valence-electron chi connectivity index (χ3n) is 6.65. The molecule has 0 radical (unpaired) electrons. The third-order valence-corrected chi connectivity index (χ3v) is 7.83. The quantitative estimate of drug-likeness (QED) is 0.562. The van der Waals surface area contributed by atoms with Crippen LogP contribution in [-0.2, 0) is 6.42 Å². The van der Waals surface area contributed by atoms with Crippen molar-refractivity contribution < 1.29 is 4.79 Å². The normalized spacial score (nSPS) is 21.7. The van der Waals surface area contributed by atoms with Crippen LogP contribution in [0.25, 0.3) is 10.2 Å². The lowest BCUT2D eigenvalue weighted by Crippen LogP contribution is -2.28. The molecule has 3 atom stereocenters. The molecule has 2 bridgehead atoms. The topological polar surface area (TPSA) is 71.0 Å². The molecule has 0 spiro atoms. The average Bonchev–Trinajstić information content (AvgIpc) is 3.51. The van der Waals surface area contributed by atoms with Gasteiger partial charge in [0.25, 0.3) is 5.91 Å². The van der Waals surface area contributed by atoms with Crippen LogP contribution in [0.5, 0.6) is 0 Å². The Morgan fingerprint density at radius 1 is 1.23 bits per heavy atom. The summed E-state index contributed by atoms with van der Waals surface area (Å²) in [7, 11) is 1.85. The first-order valence-corrected chi connectivity index (χ1v) is 11.7. The molecule has 0 saturated heterocycles. The summed E-state index contributed by atoms with van der Waals surface area (Å²) >= 11 is 1.46. The summed E-state index contributed by atoms with van der Waals surface area (Å²) in [4.78, 5) is 29.9. The van der Waals surface area contributed by atoms with Crippen LogP contribution in [0.15, 0.2) is 42.9 Å². The molecule has 3 aromatic rings. The van der Waals surface area contributed by atoms with Gasteiger partial charge in [-0.2, -0.15) is 0 Å². The van der Waals surface area contributed by atoms with Gasteiger partial charge in [-0.3, -0.25) is 9.78 Å². The highest BCUT2D eigenvalue weighted by Gasteiger charge is 2.35. The van der Waals surface area contributed by atoms with Crippen LogP contribution in [0.2, 0.25) is 0 Å².